The van der Waals surface area contributed by atoms with Crippen LogP contribution < -0.4 is 0 Å². The second-order valence-corrected chi connectivity index (χ2v) is 9.26. The average Bonchev–Trinajstić information content (AvgIpc) is 3.19. The molecule has 3 aromatic carbocycles. The predicted molar refractivity (Wildman–Crippen MR) is 112 cm³/mol. The van der Waals surface area contributed by atoms with Gasteiger partial charge in [-0.1, -0.05) is 47.1 Å². The van der Waals surface area contributed by atoms with Crippen molar-refractivity contribution in [3.63, 3.8) is 0 Å². The summed E-state index contributed by atoms with van der Waals surface area (Å²) in [7, 11) is -3.91. The second kappa shape index (κ2) is 8.39. The van der Waals surface area contributed by atoms with Crippen molar-refractivity contribution < 1.29 is 21.7 Å². The molecule has 0 spiro atoms. The highest BCUT2D eigenvalue weighted by atomic mass is 32.2. The molecule has 0 amide bonds. The highest BCUT2D eigenvalue weighted by Gasteiger charge is 2.31. The first-order valence-corrected chi connectivity index (χ1v) is 11.2. The number of sulfone groups is 1. The van der Waals surface area contributed by atoms with E-state index in [0.29, 0.717) is 16.7 Å². The maximum absolute atomic E-state index is 13.4. The number of nitrogens with zero attached hydrogens (tertiary/aromatic N) is 2. The molecule has 158 valence electrons. The molecule has 5 nitrogen and oxygen atoms in total. The van der Waals surface area contributed by atoms with Gasteiger partial charge in [0, 0.05) is 5.56 Å². The van der Waals surface area contributed by atoms with Gasteiger partial charge in [0.1, 0.15) is 22.6 Å². The Morgan fingerprint density at radius 3 is 2.03 bits per heavy atom. The maximum atomic E-state index is 13.4. The van der Waals surface area contributed by atoms with Crippen LogP contribution in [-0.4, -0.2) is 18.6 Å². The first-order valence-electron chi connectivity index (χ1n) is 9.44. The van der Waals surface area contributed by atoms with Gasteiger partial charge >= 0.3 is 0 Å². The van der Waals surface area contributed by atoms with E-state index in [1.54, 1.807) is 6.07 Å². The summed E-state index contributed by atoms with van der Waals surface area (Å²) in [6.45, 7) is 1.92. The van der Waals surface area contributed by atoms with Crippen molar-refractivity contribution in [2.24, 2.45) is 0 Å². The van der Waals surface area contributed by atoms with Gasteiger partial charge in [0.05, 0.1) is 0 Å². The van der Waals surface area contributed by atoms with Crippen molar-refractivity contribution in [2.75, 3.05) is 0 Å². The lowest BCUT2D eigenvalue weighted by Gasteiger charge is -2.18. The fourth-order valence-electron chi connectivity index (χ4n) is 3.35. The fraction of sp³-hybridized carbons (Fsp3) is 0.130. The molecule has 0 unspecified atom stereocenters. The van der Waals surface area contributed by atoms with Crippen molar-refractivity contribution in [2.45, 2.75) is 17.9 Å². The van der Waals surface area contributed by atoms with E-state index in [9.17, 15) is 17.2 Å². The molecule has 8 heteroatoms. The van der Waals surface area contributed by atoms with Crippen LogP contribution in [0.5, 0.6) is 0 Å². The lowest BCUT2D eigenvalue weighted by molar-refractivity contribution is 0.424. The molecule has 0 saturated heterocycles. The second-order valence-electron chi connectivity index (χ2n) is 7.18. The third-order valence-corrected chi connectivity index (χ3v) is 6.69. The molecule has 0 radical (unpaired) electrons. The molecule has 0 aliphatic rings. The number of benzene rings is 3. The topological polar surface area (TPSA) is 73.1 Å². The Morgan fingerprint density at radius 2 is 1.48 bits per heavy atom. The van der Waals surface area contributed by atoms with E-state index in [1.165, 1.54) is 48.5 Å². The Morgan fingerprint density at radius 1 is 0.903 bits per heavy atom. The Hall–Kier alpha value is -3.39. The lowest BCUT2D eigenvalue weighted by Crippen LogP contribution is -2.18. The van der Waals surface area contributed by atoms with Gasteiger partial charge in [0.15, 0.2) is 15.7 Å². The van der Waals surface area contributed by atoms with Crippen molar-refractivity contribution >= 4 is 9.84 Å². The summed E-state index contributed by atoms with van der Waals surface area (Å²) < 4.78 is 58.8. The summed E-state index contributed by atoms with van der Waals surface area (Å²) in [6.07, 6.45) is 0. The molecule has 0 saturated carbocycles. The molecule has 0 bridgehead atoms. The molecule has 0 atom stereocenters. The molecule has 0 aliphatic carbocycles. The maximum Gasteiger partial charge on any atom is 0.257 e. The van der Waals surface area contributed by atoms with E-state index in [-0.39, 0.29) is 11.7 Å². The summed E-state index contributed by atoms with van der Waals surface area (Å²) in [5.74, 6) is -1.25. The lowest BCUT2D eigenvalue weighted by atomic mass is 10.0. The molecular formula is C23H18F2N2O3S. The van der Waals surface area contributed by atoms with Crippen LogP contribution in [0, 0.1) is 18.6 Å². The van der Waals surface area contributed by atoms with E-state index in [1.807, 2.05) is 25.1 Å². The number of aromatic nitrogens is 2. The Labute approximate surface area is 178 Å². The highest BCUT2D eigenvalue weighted by Crippen LogP contribution is 2.33. The van der Waals surface area contributed by atoms with Crippen molar-refractivity contribution in [3.8, 4) is 11.5 Å². The quantitative estimate of drug-likeness (QED) is 0.421. The van der Waals surface area contributed by atoms with Crippen molar-refractivity contribution in [3.05, 3.63) is 107 Å². The largest absolute Gasteiger partial charge is 0.334 e. The van der Waals surface area contributed by atoms with Crippen LogP contribution in [0.15, 0.2) is 77.3 Å². The number of hydrogen-bond donors (Lipinski definition) is 0. The van der Waals surface area contributed by atoms with Gasteiger partial charge in [-0.25, -0.2) is 17.2 Å². The van der Waals surface area contributed by atoms with Crippen LogP contribution in [0.1, 0.15) is 27.8 Å². The number of aryl methyl sites for hydroxylation is 1. The van der Waals surface area contributed by atoms with Crippen LogP contribution in [0.4, 0.5) is 8.78 Å². The van der Waals surface area contributed by atoms with Gasteiger partial charge in [-0.2, -0.15) is 4.98 Å². The van der Waals surface area contributed by atoms with Crippen LogP contribution >= 0.6 is 0 Å². The van der Waals surface area contributed by atoms with Gasteiger partial charge in [-0.3, -0.25) is 0 Å². The first-order chi connectivity index (χ1) is 14.8. The van der Waals surface area contributed by atoms with Crippen LogP contribution in [0.25, 0.3) is 11.5 Å². The summed E-state index contributed by atoms with van der Waals surface area (Å²) in [4.78, 5) is 4.23. The number of halogens is 2. The van der Waals surface area contributed by atoms with Gasteiger partial charge < -0.3 is 4.52 Å². The van der Waals surface area contributed by atoms with E-state index in [4.69, 9.17) is 4.52 Å². The Kier molecular flexibility index (Phi) is 5.65. The standard InChI is InChI=1S/C23H18F2N2O3S/c1-15-3-2-4-18(13-15)23-26-21(27-30-23)14-31(28,29)22(16-5-9-19(24)10-6-16)17-7-11-20(25)12-8-17/h2-13,22H,14H2,1H3. The third kappa shape index (κ3) is 4.69. The smallest absolute Gasteiger partial charge is 0.257 e. The van der Waals surface area contributed by atoms with E-state index >= 15 is 0 Å². The van der Waals surface area contributed by atoms with Gasteiger partial charge in [0.2, 0.25) is 0 Å². The molecule has 1 aromatic heterocycles. The zero-order valence-corrected chi connectivity index (χ0v) is 17.3. The van der Waals surface area contributed by atoms with Crippen molar-refractivity contribution in [1.82, 2.24) is 10.1 Å². The highest BCUT2D eigenvalue weighted by molar-refractivity contribution is 7.91. The molecule has 0 N–H and O–H groups in total. The van der Waals surface area contributed by atoms with Gasteiger partial charge in [0.25, 0.3) is 5.89 Å². The summed E-state index contributed by atoms with van der Waals surface area (Å²) >= 11 is 0. The minimum atomic E-state index is -3.91. The Bertz CT molecular complexity index is 1260. The van der Waals surface area contributed by atoms with Gasteiger partial charge in [-0.05, 0) is 54.4 Å². The minimum absolute atomic E-state index is 0.00531. The average molecular weight is 440 g/mol. The predicted octanol–water partition coefficient (Wildman–Crippen LogP) is 5.03. The van der Waals surface area contributed by atoms with Gasteiger partial charge in [-0.15, -0.1) is 0 Å². The fourth-order valence-corrected chi connectivity index (χ4v) is 5.14. The SMILES string of the molecule is Cc1cccc(-c2nc(CS(=O)(=O)C(c3ccc(F)cc3)c3ccc(F)cc3)no2)c1. The molecule has 1 heterocycles. The van der Waals surface area contributed by atoms with Crippen LogP contribution in [0.3, 0.4) is 0 Å². The normalized spacial score (nSPS) is 11.7. The molecule has 0 fully saturated rings. The minimum Gasteiger partial charge on any atom is -0.334 e. The van der Waals surface area contributed by atoms with E-state index in [2.05, 4.69) is 10.1 Å². The molecule has 31 heavy (non-hydrogen) atoms. The molecule has 4 aromatic rings. The summed E-state index contributed by atoms with van der Waals surface area (Å²) in [5, 5.41) is 2.68. The Balaban J connectivity index is 1.69. The summed E-state index contributed by atoms with van der Waals surface area (Å²) in [5.41, 5.74) is 2.40. The molecule has 4 rings (SSSR count). The molecular weight excluding hydrogens is 422 g/mol. The number of rotatable bonds is 6. The van der Waals surface area contributed by atoms with Crippen LogP contribution in [0.2, 0.25) is 0 Å². The molecule has 0 aliphatic heterocycles. The third-order valence-electron chi connectivity index (χ3n) is 4.77. The van der Waals surface area contributed by atoms with E-state index < -0.39 is 32.5 Å². The summed E-state index contributed by atoms with van der Waals surface area (Å²) in [6, 6.07) is 17.7. The zero-order valence-electron chi connectivity index (χ0n) is 16.5. The first kappa shape index (κ1) is 20.9. The monoisotopic (exact) mass is 440 g/mol. The van der Waals surface area contributed by atoms with Crippen molar-refractivity contribution in [1.29, 1.82) is 0 Å². The van der Waals surface area contributed by atoms with Crippen LogP contribution in [-0.2, 0) is 15.6 Å². The van der Waals surface area contributed by atoms with E-state index in [0.717, 1.165) is 5.56 Å². The number of hydrogen-bond acceptors (Lipinski definition) is 5. The zero-order chi connectivity index (χ0) is 22.0.